The molecule has 0 aromatic heterocycles. The second-order valence-electron chi connectivity index (χ2n) is 6.48. The van der Waals surface area contributed by atoms with Crippen LogP contribution in [0.15, 0.2) is 59.7 Å². The van der Waals surface area contributed by atoms with Gasteiger partial charge in [0.1, 0.15) is 0 Å². The first kappa shape index (κ1) is 17.2. The van der Waals surface area contributed by atoms with Crippen LogP contribution in [0.25, 0.3) is 0 Å². The summed E-state index contributed by atoms with van der Waals surface area (Å²) in [6.45, 7) is 0.676. The van der Waals surface area contributed by atoms with Crippen LogP contribution < -0.4 is 0 Å². The van der Waals surface area contributed by atoms with Crippen molar-refractivity contribution in [3.8, 4) is 6.07 Å². The predicted molar refractivity (Wildman–Crippen MR) is 99.0 cm³/mol. The van der Waals surface area contributed by atoms with E-state index in [0.717, 1.165) is 31.2 Å². The lowest BCUT2D eigenvalue weighted by atomic mass is 9.92. The number of hydrogen-bond acceptors (Lipinski definition) is 4. The van der Waals surface area contributed by atoms with Gasteiger partial charge in [-0.1, -0.05) is 55.3 Å². The van der Waals surface area contributed by atoms with Gasteiger partial charge in [0, 0.05) is 0 Å². The summed E-state index contributed by atoms with van der Waals surface area (Å²) >= 11 is 0. The third kappa shape index (κ3) is 4.68. The molecule has 3 rings (SSSR count). The molecule has 2 aromatic carbocycles. The quantitative estimate of drug-likeness (QED) is 0.670. The summed E-state index contributed by atoms with van der Waals surface area (Å²) in [5, 5.41) is 26.0. The standard InChI is InChI=1S/C21H23N3O/c22-14-17-10-12-18(13-11-17)15-23-24(16-19-6-2-1-3-7-19)20-8-4-5-9-21(20)25/h1-3,6-7,10-13,15,20-21,25H,4-5,8-9,16H2/b23-15+/t20-,21-/m1/s1. The van der Waals surface area contributed by atoms with Crippen LogP contribution >= 0.6 is 0 Å². The Labute approximate surface area is 149 Å². The normalized spacial score (nSPS) is 20.3. The van der Waals surface area contributed by atoms with Gasteiger partial charge in [-0.25, -0.2) is 0 Å². The van der Waals surface area contributed by atoms with Crippen LogP contribution in [0.5, 0.6) is 0 Å². The number of aliphatic hydroxyl groups excluding tert-OH is 1. The van der Waals surface area contributed by atoms with E-state index in [1.807, 2.05) is 41.6 Å². The first-order valence-corrected chi connectivity index (χ1v) is 8.79. The summed E-state index contributed by atoms with van der Waals surface area (Å²) in [4.78, 5) is 0. The number of nitrogens with zero attached hydrogens (tertiary/aromatic N) is 3. The highest BCUT2D eigenvalue weighted by Crippen LogP contribution is 2.25. The van der Waals surface area contributed by atoms with E-state index in [-0.39, 0.29) is 12.1 Å². The Morgan fingerprint density at radius 1 is 1.08 bits per heavy atom. The minimum Gasteiger partial charge on any atom is -0.391 e. The van der Waals surface area contributed by atoms with Crippen LogP contribution in [0.3, 0.4) is 0 Å². The van der Waals surface area contributed by atoms with Crippen molar-refractivity contribution in [1.29, 1.82) is 5.26 Å². The maximum Gasteiger partial charge on any atom is 0.0991 e. The van der Waals surface area contributed by atoms with Gasteiger partial charge in [0.15, 0.2) is 0 Å². The first-order chi connectivity index (χ1) is 12.3. The molecule has 0 saturated heterocycles. The topological polar surface area (TPSA) is 59.6 Å². The van der Waals surface area contributed by atoms with E-state index in [2.05, 4.69) is 23.3 Å². The lowest BCUT2D eigenvalue weighted by molar-refractivity contribution is 0.0173. The van der Waals surface area contributed by atoms with Crippen molar-refractivity contribution in [1.82, 2.24) is 5.01 Å². The van der Waals surface area contributed by atoms with Gasteiger partial charge >= 0.3 is 0 Å². The molecule has 1 saturated carbocycles. The molecule has 0 radical (unpaired) electrons. The highest BCUT2D eigenvalue weighted by atomic mass is 16.3. The number of benzene rings is 2. The average molecular weight is 333 g/mol. The lowest BCUT2D eigenvalue weighted by Crippen LogP contribution is -2.42. The van der Waals surface area contributed by atoms with Gasteiger partial charge in [-0.05, 0) is 36.1 Å². The zero-order valence-corrected chi connectivity index (χ0v) is 14.3. The highest BCUT2D eigenvalue weighted by Gasteiger charge is 2.28. The second-order valence-corrected chi connectivity index (χ2v) is 6.48. The fourth-order valence-electron chi connectivity index (χ4n) is 3.24. The molecule has 2 aromatic rings. The van der Waals surface area contributed by atoms with E-state index in [0.29, 0.717) is 12.1 Å². The molecular formula is C21H23N3O. The Kier molecular flexibility index (Phi) is 5.81. The molecule has 0 aliphatic heterocycles. The van der Waals surface area contributed by atoms with E-state index >= 15 is 0 Å². The Morgan fingerprint density at radius 3 is 2.48 bits per heavy atom. The summed E-state index contributed by atoms with van der Waals surface area (Å²) in [7, 11) is 0. The molecule has 0 bridgehead atoms. The fraction of sp³-hybridized carbons (Fsp3) is 0.333. The van der Waals surface area contributed by atoms with Gasteiger partial charge in [-0.2, -0.15) is 10.4 Å². The number of rotatable bonds is 5. The number of hydrogen-bond donors (Lipinski definition) is 1. The smallest absolute Gasteiger partial charge is 0.0991 e. The van der Waals surface area contributed by atoms with E-state index in [9.17, 15) is 5.11 Å². The van der Waals surface area contributed by atoms with E-state index in [1.165, 1.54) is 5.56 Å². The molecule has 4 nitrogen and oxygen atoms in total. The minimum absolute atomic E-state index is 0.0450. The molecule has 4 heteroatoms. The minimum atomic E-state index is -0.337. The third-order valence-corrected chi connectivity index (χ3v) is 4.66. The van der Waals surface area contributed by atoms with Crippen molar-refractivity contribution in [2.45, 2.75) is 44.4 Å². The van der Waals surface area contributed by atoms with Gasteiger partial charge < -0.3 is 5.11 Å². The summed E-state index contributed by atoms with van der Waals surface area (Å²) < 4.78 is 0. The van der Waals surface area contributed by atoms with Gasteiger partial charge in [0.2, 0.25) is 0 Å². The van der Waals surface area contributed by atoms with E-state index in [1.54, 1.807) is 12.1 Å². The maximum absolute atomic E-state index is 10.4. The molecule has 25 heavy (non-hydrogen) atoms. The average Bonchev–Trinajstić information content (AvgIpc) is 2.67. The number of nitriles is 1. The van der Waals surface area contributed by atoms with Gasteiger partial charge in [-0.15, -0.1) is 0 Å². The molecule has 1 fully saturated rings. The molecule has 1 aliphatic carbocycles. The van der Waals surface area contributed by atoms with E-state index < -0.39 is 0 Å². The van der Waals surface area contributed by atoms with Crippen LogP contribution in [0.1, 0.15) is 42.4 Å². The molecule has 0 unspecified atom stereocenters. The van der Waals surface area contributed by atoms with Crippen LogP contribution in [-0.2, 0) is 6.54 Å². The summed E-state index contributed by atoms with van der Waals surface area (Å²) in [5.74, 6) is 0. The molecule has 128 valence electrons. The summed E-state index contributed by atoms with van der Waals surface area (Å²) in [6, 6.07) is 19.7. The summed E-state index contributed by atoms with van der Waals surface area (Å²) in [5.41, 5.74) is 2.76. The largest absolute Gasteiger partial charge is 0.391 e. The highest BCUT2D eigenvalue weighted by molar-refractivity contribution is 5.79. The molecule has 1 N–H and O–H groups in total. The Morgan fingerprint density at radius 2 is 1.80 bits per heavy atom. The number of aliphatic hydroxyl groups is 1. The van der Waals surface area contributed by atoms with Gasteiger partial charge in [0.05, 0.1) is 36.5 Å². The third-order valence-electron chi connectivity index (χ3n) is 4.66. The van der Waals surface area contributed by atoms with Gasteiger partial charge in [0.25, 0.3) is 0 Å². The van der Waals surface area contributed by atoms with Crippen molar-refractivity contribution in [2.24, 2.45) is 5.10 Å². The monoisotopic (exact) mass is 333 g/mol. The zero-order chi connectivity index (χ0) is 17.5. The van der Waals surface area contributed by atoms with Gasteiger partial charge in [-0.3, -0.25) is 5.01 Å². The summed E-state index contributed by atoms with van der Waals surface area (Å²) in [6.07, 6.45) is 5.47. The van der Waals surface area contributed by atoms with Crippen molar-refractivity contribution in [3.05, 3.63) is 71.3 Å². The fourth-order valence-corrected chi connectivity index (χ4v) is 3.24. The molecule has 2 atom stereocenters. The lowest BCUT2D eigenvalue weighted by Gasteiger charge is -2.35. The van der Waals surface area contributed by atoms with Crippen molar-refractivity contribution in [2.75, 3.05) is 0 Å². The molecule has 1 aliphatic rings. The Hall–Kier alpha value is -2.64. The molecular weight excluding hydrogens is 310 g/mol. The predicted octanol–water partition coefficient (Wildman–Crippen LogP) is 3.70. The van der Waals surface area contributed by atoms with Crippen LogP contribution in [0.4, 0.5) is 0 Å². The maximum atomic E-state index is 10.4. The number of hydrazone groups is 1. The van der Waals surface area contributed by atoms with Crippen LogP contribution in [0, 0.1) is 11.3 Å². The van der Waals surface area contributed by atoms with Crippen LogP contribution in [0.2, 0.25) is 0 Å². The molecule has 0 amide bonds. The van der Waals surface area contributed by atoms with Crippen LogP contribution in [-0.4, -0.2) is 28.5 Å². The van der Waals surface area contributed by atoms with Crippen molar-refractivity contribution in [3.63, 3.8) is 0 Å². The van der Waals surface area contributed by atoms with Crippen molar-refractivity contribution >= 4 is 6.21 Å². The SMILES string of the molecule is N#Cc1ccc(/C=N/N(Cc2ccccc2)[C@@H]2CCCC[C@H]2O)cc1. The van der Waals surface area contributed by atoms with E-state index in [4.69, 9.17) is 5.26 Å². The second kappa shape index (κ2) is 8.46. The van der Waals surface area contributed by atoms with Crippen molar-refractivity contribution < 1.29 is 5.11 Å². The first-order valence-electron chi connectivity index (χ1n) is 8.79. The Bertz CT molecular complexity index is 734. The Balaban J connectivity index is 1.79. The molecule has 0 spiro atoms. The zero-order valence-electron chi connectivity index (χ0n) is 14.3. The molecule has 0 heterocycles.